The number of hydrogen-bond donors (Lipinski definition) is 1. The van der Waals surface area contributed by atoms with Crippen LogP contribution in [0.4, 0.5) is 0 Å². The van der Waals surface area contributed by atoms with Gasteiger partial charge in [0, 0.05) is 19.1 Å². The molecule has 0 bridgehead atoms. The number of fused-ring (bicyclic) bond motifs is 1. The smallest absolute Gasteiger partial charge is 0.0907 e. The summed E-state index contributed by atoms with van der Waals surface area (Å²) in [5, 5.41) is 1.14. The number of nitrogens with zero attached hydrogens (tertiary/aromatic N) is 2. The Bertz CT molecular complexity index is 598. The summed E-state index contributed by atoms with van der Waals surface area (Å²) < 4.78 is 1.30. The molecule has 1 aliphatic heterocycles. The highest BCUT2D eigenvalue weighted by atomic mass is 35.5. The molecule has 3 rings (SSSR count). The molecule has 3 nitrogen and oxygen atoms in total. The molecule has 2 N–H and O–H groups in total. The second-order valence-corrected chi connectivity index (χ2v) is 7.16. The highest BCUT2D eigenvalue weighted by Gasteiger charge is 2.27. The number of nitrogens with two attached hydrogens (primary N) is 1. The van der Waals surface area contributed by atoms with Crippen LogP contribution in [0.1, 0.15) is 30.3 Å². The fraction of sp³-hybridized carbons (Fsp3) is 0.562. The van der Waals surface area contributed by atoms with E-state index in [2.05, 4.69) is 41.9 Å². The lowest BCUT2D eigenvalue weighted by atomic mass is 9.90. The molecular formula is C16H24ClN3S. The van der Waals surface area contributed by atoms with E-state index in [-0.39, 0.29) is 12.4 Å². The summed E-state index contributed by atoms with van der Waals surface area (Å²) in [6.07, 6.45) is 2.60. The fourth-order valence-corrected chi connectivity index (χ4v) is 4.22. The highest BCUT2D eigenvalue weighted by Crippen LogP contribution is 2.27. The van der Waals surface area contributed by atoms with Gasteiger partial charge < -0.3 is 5.73 Å². The number of benzene rings is 1. The minimum absolute atomic E-state index is 0. The van der Waals surface area contributed by atoms with E-state index in [1.807, 2.05) is 0 Å². The first-order valence-electron chi connectivity index (χ1n) is 7.47. The minimum Gasteiger partial charge on any atom is -0.329 e. The van der Waals surface area contributed by atoms with E-state index in [1.165, 1.54) is 29.6 Å². The van der Waals surface area contributed by atoms with E-state index < -0.39 is 0 Å². The summed E-state index contributed by atoms with van der Waals surface area (Å²) in [5.41, 5.74) is 8.49. The van der Waals surface area contributed by atoms with E-state index >= 15 is 0 Å². The van der Waals surface area contributed by atoms with Gasteiger partial charge in [-0.1, -0.05) is 13.0 Å². The van der Waals surface area contributed by atoms with Crippen LogP contribution in [0.3, 0.4) is 0 Å². The Balaban J connectivity index is 0.00000161. The number of thiazole rings is 1. The molecule has 5 heteroatoms. The maximum Gasteiger partial charge on any atom is 0.0907 e. The van der Waals surface area contributed by atoms with Gasteiger partial charge in [0.05, 0.1) is 15.2 Å². The van der Waals surface area contributed by atoms with Crippen molar-refractivity contribution >= 4 is 34.0 Å². The monoisotopic (exact) mass is 325 g/mol. The summed E-state index contributed by atoms with van der Waals surface area (Å²) in [6, 6.07) is 7.20. The van der Waals surface area contributed by atoms with Crippen molar-refractivity contribution in [1.29, 1.82) is 0 Å². The molecule has 0 spiro atoms. The Morgan fingerprint density at radius 3 is 3.00 bits per heavy atom. The maximum atomic E-state index is 5.98. The van der Waals surface area contributed by atoms with Crippen molar-refractivity contribution in [2.75, 3.05) is 13.1 Å². The molecule has 0 aliphatic carbocycles. The molecule has 2 atom stereocenters. The Morgan fingerprint density at radius 2 is 2.24 bits per heavy atom. The molecule has 0 amide bonds. The highest BCUT2D eigenvalue weighted by molar-refractivity contribution is 7.18. The van der Waals surface area contributed by atoms with Crippen molar-refractivity contribution in [2.45, 2.75) is 39.3 Å². The zero-order valence-corrected chi connectivity index (χ0v) is 14.3. The standard InChI is InChI=1S/C16H23N3S.ClH/c1-11-4-3-7-19(15(11)9-17)10-13-5-6-14-16(8-13)20-12(2)18-14;/h5-6,8,11,15H,3-4,7,9-10,17H2,1-2H3;1H. The molecule has 2 aromatic rings. The third-order valence-corrected chi connectivity index (χ3v) is 5.35. The Kier molecular flexibility index (Phi) is 5.60. The van der Waals surface area contributed by atoms with E-state index in [0.717, 1.165) is 23.6 Å². The topological polar surface area (TPSA) is 42.2 Å². The first kappa shape index (κ1) is 16.7. The number of hydrogen-bond acceptors (Lipinski definition) is 4. The van der Waals surface area contributed by atoms with Gasteiger partial charge in [-0.3, -0.25) is 4.90 Å². The fourth-order valence-electron chi connectivity index (χ4n) is 3.33. The van der Waals surface area contributed by atoms with Crippen molar-refractivity contribution in [3.8, 4) is 0 Å². The van der Waals surface area contributed by atoms with Crippen LogP contribution < -0.4 is 5.73 Å². The van der Waals surface area contributed by atoms with Gasteiger partial charge in [-0.25, -0.2) is 4.98 Å². The predicted molar refractivity (Wildman–Crippen MR) is 93.3 cm³/mol. The Morgan fingerprint density at radius 1 is 1.43 bits per heavy atom. The van der Waals surface area contributed by atoms with Crippen LogP contribution in [0.25, 0.3) is 10.2 Å². The molecule has 1 saturated heterocycles. The van der Waals surface area contributed by atoms with Gasteiger partial charge in [0.1, 0.15) is 0 Å². The molecule has 116 valence electrons. The van der Waals surface area contributed by atoms with Gasteiger partial charge in [-0.2, -0.15) is 0 Å². The van der Waals surface area contributed by atoms with Gasteiger partial charge in [0.25, 0.3) is 0 Å². The SMILES string of the molecule is Cc1nc2ccc(CN3CCCC(C)C3CN)cc2s1.Cl. The van der Waals surface area contributed by atoms with E-state index in [4.69, 9.17) is 5.73 Å². The van der Waals surface area contributed by atoms with Crippen molar-refractivity contribution < 1.29 is 0 Å². The zero-order valence-electron chi connectivity index (χ0n) is 12.7. The van der Waals surface area contributed by atoms with Gasteiger partial charge in [-0.05, 0) is 49.9 Å². The summed E-state index contributed by atoms with van der Waals surface area (Å²) in [7, 11) is 0. The van der Waals surface area contributed by atoms with Crippen molar-refractivity contribution in [2.24, 2.45) is 11.7 Å². The van der Waals surface area contributed by atoms with Gasteiger partial charge >= 0.3 is 0 Å². The molecule has 1 aliphatic rings. The van der Waals surface area contributed by atoms with Crippen LogP contribution in [0, 0.1) is 12.8 Å². The largest absolute Gasteiger partial charge is 0.329 e. The lowest BCUT2D eigenvalue weighted by Gasteiger charge is -2.39. The van der Waals surface area contributed by atoms with Crippen molar-refractivity contribution in [3.63, 3.8) is 0 Å². The van der Waals surface area contributed by atoms with Crippen LogP contribution >= 0.6 is 23.7 Å². The molecule has 1 aromatic carbocycles. The third-order valence-electron chi connectivity index (χ3n) is 4.42. The maximum absolute atomic E-state index is 5.98. The van der Waals surface area contributed by atoms with Crippen LogP contribution in [0.2, 0.25) is 0 Å². The van der Waals surface area contributed by atoms with E-state index in [0.29, 0.717) is 12.0 Å². The number of rotatable bonds is 3. The molecule has 21 heavy (non-hydrogen) atoms. The quantitative estimate of drug-likeness (QED) is 0.937. The summed E-state index contributed by atoms with van der Waals surface area (Å²) in [6.45, 7) is 7.36. The Labute approximate surface area is 137 Å². The van der Waals surface area contributed by atoms with Crippen LogP contribution in [0.15, 0.2) is 18.2 Å². The Hall–Kier alpha value is -0.680. The molecule has 1 fully saturated rings. The number of halogens is 1. The molecule has 0 saturated carbocycles. The minimum atomic E-state index is 0. The predicted octanol–water partition coefficient (Wildman–Crippen LogP) is 3.59. The molecule has 2 unspecified atom stereocenters. The summed E-state index contributed by atoms with van der Waals surface area (Å²) in [5.74, 6) is 0.711. The van der Waals surface area contributed by atoms with Gasteiger partial charge in [0.2, 0.25) is 0 Å². The number of aryl methyl sites for hydroxylation is 1. The van der Waals surface area contributed by atoms with Crippen LogP contribution in [-0.2, 0) is 6.54 Å². The van der Waals surface area contributed by atoms with Crippen molar-refractivity contribution in [3.05, 3.63) is 28.8 Å². The molecule has 1 aromatic heterocycles. The van der Waals surface area contributed by atoms with Crippen LogP contribution in [-0.4, -0.2) is 29.0 Å². The first-order chi connectivity index (χ1) is 9.67. The summed E-state index contributed by atoms with van der Waals surface area (Å²) >= 11 is 1.78. The number of piperidine rings is 1. The third kappa shape index (κ3) is 3.57. The molecule has 2 heterocycles. The normalized spacial score (nSPS) is 23.2. The summed E-state index contributed by atoms with van der Waals surface area (Å²) in [4.78, 5) is 7.09. The second kappa shape index (κ2) is 7.05. The first-order valence-corrected chi connectivity index (χ1v) is 8.29. The lowest BCUT2D eigenvalue weighted by Crippen LogP contribution is -2.47. The average molecular weight is 326 g/mol. The lowest BCUT2D eigenvalue weighted by molar-refractivity contribution is 0.0991. The molecule has 0 radical (unpaired) electrons. The zero-order chi connectivity index (χ0) is 14.1. The van der Waals surface area contributed by atoms with Gasteiger partial charge in [0.15, 0.2) is 0 Å². The molecular weight excluding hydrogens is 302 g/mol. The van der Waals surface area contributed by atoms with Gasteiger partial charge in [-0.15, -0.1) is 23.7 Å². The van der Waals surface area contributed by atoms with Crippen LogP contribution in [0.5, 0.6) is 0 Å². The van der Waals surface area contributed by atoms with E-state index in [9.17, 15) is 0 Å². The van der Waals surface area contributed by atoms with E-state index in [1.54, 1.807) is 11.3 Å². The number of likely N-dealkylation sites (tertiary alicyclic amines) is 1. The number of aromatic nitrogens is 1. The average Bonchev–Trinajstić information content (AvgIpc) is 2.78. The van der Waals surface area contributed by atoms with Crippen molar-refractivity contribution in [1.82, 2.24) is 9.88 Å². The second-order valence-electron chi connectivity index (χ2n) is 5.93.